The maximum atomic E-state index is 5.62. The third-order valence-corrected chi connectivity index (χ3v) is 3.63. The standard InChI is InChI=1S/C18H19NO2/c1-20-16-11-8-15(9-12-16)18-13-17(21-19-18)10-7-14-5-3-2-4-6-14/h2-6,8-9,11-13,17,19H,7,10H2,1H3. The largest absolute Gasteiger partial charge is 0.497 e. The first-order chi connectivity index (χ1) is 10.3. The van der Waals surface area contributed by atoms with Gasteiger partial charge in [0.25, 0.3) is 0 Å². The average Bonchev–Trinajstić information content (AvgIpc) is 3.03. The van der Waals surface area contributed by atoms with Gasteiger partial charge in [-0.1, -0.05) is 30.3 Å². The summed E-state index contributed by atoms with van der Waals surface area (Å²) < 4.78 is 5.17. The van der Waals surface area contributed by atoms with Gasteiger partial charge in [0.1, 0.15) is 11.9 Å². The lowest BCUT2D eigenvalue weighted by Crippen LogP contribution is -2.12. The van der Waals surface area contributed by atoms with Crippen LogP contribution in [0.2, 0.25) is 0 Å². The van der Waals surface area contributed by atoms with Crippen molar-refractivity contribution in [3.05, 3.63) is 71.8 Å². The summed E-state index contributed by atoms with van der Waals surface area (Å²) in [7, 11) is 1.67. The van der Waals surface area contributed by atoms with Gasteiger partial charge in [0.2, 0.25) is 0 Å². The van der Waals surface area contributed by atoms with Gasteiger partial charge in [0.15, 0.2) is 0 Å². The molecule has 0 spiro atoms. The Morgan fingerprint density at radius 2 is 1.81 bits per heavy atom. The molecule has 0 saturated heterocycles. The van der Waals surface area contributed by atoms with Crippen LogP contribution < -0.4 is 10.2 Å². The molecule has 0 amide bonds. The molecule has 3 nitrogen and oxygen atoms in total. The van der Waals surface area contributed by atoms with Crippen LogP contribution in [0, 0.1) is 0 Å². The molecule has 2 aromatic rings. The van der Waals surface area contributed by atoms with Crippen LogP contribution >= 0.6 is 0 Å². The van der Waals surface area contributed by atoms with Crippen molar-refractivity contribution in [2.45, 2.75) is 18.9 Å². The van der Waals surface area contributed by atoms with Gasteiger partial charge in [-0.25, -0.2) is 0 Å². The molecule has 0 saturated carbocycles. The van der Waals surface area contributed by atoms with E-state index in [4.69, 9.17) is 9.57 Å². The predicted octanol–water partition coefficient (Wildman–Crippen LogP) is 3.57. The van der Waals surface area contributed by atoms with Crippen molar-refractivity contribution in [3.8, 4) is 5.75 Å². The summed E-state index contributed by atoms with van der Waals surface area (Å²) in [4.78, 5) is 5.62. The van der Waals surface area contributed by atoms with Crippen LogP contribution in [0.3, 0.4) is 0 Å². The minimum Gasteiger partial charge on any atom is -0.497 e. The van der Waals surface area contributed by atoms with E-state index in [2.05, 4.69) is 35.8 Å². The molecule has 1 unspecified atom stereocenters. The van der Waals surface area contributed by atoms with E-state index < -0.39 is 0 Å². The summed E-state index contributed by atoms with van der Waals surface area (Å²) in [5, 5.41) is 0. The van der Waals surface area contributed by atoms with Crippen molar-refractivity contribution in [3.63, 3.8) is 0 Å². The van der Waals surface area contributed by atoms with Gasteiger partial charge in [-0.05, 0) is 54.3 Å². The number of ether oxygens (including phenoxy) is 1. The minimum absolute atomic E-state index is 0.113. The molecule has 108 valence electrons. The molecular weight excluding hydrogens is 262 g/mol. The Labute approximate surface area is 125 Å². The van der Waals surface area contributed by atoms with Gasteiger partial charge < -0.3 is 4.74 Å². The van der Waals surface area contributed by atoms with E-state index in [0.29, 0.717) is 0 Å². The van der Waals surface area contributed by atoms with Crippen LogP contribution in [0.4, 0.5) is 0 Å². The molecule has 1 N–H and O–H groups in total. The highest BCUT2D eigenvalue weighted by molar-refractivity contribution is 5.65. The summed E-state index contributed by atoms with van der Waals surface area (Å²) in [5.41, 5.74) is 6.49. The Balaban J connectivity index is 1.61. The number of hydrogen-bond acceptors (Lipinski definition) is 3. The second-order valence-electron chi connectivity index (χ2n) is 5.09. The van der Waals surface area contributed by atoms with Crippen LogP contribution in [0.1, 0.15) is 17.5 Å². The highest BCUT2D eigenvalue weighted by Crippen LogP contribution is 2.23. The molecule has 1 aliphatic heterocycles. The van der Waals surface area contributed by atoms with Gasteiger partial charge in [-0.2, -0.15) is 0 Å². The molecule has 0 aromatic heterocycles. The molecule has 3 rings (SSSR count). The van der Waals surface area contributed by atoms with E-state index in [1.807, 2.05) is 30.3 Å². The molecule has 1 aliphatic rings. The molecule has 3 heteroatoms. The maximum Gasteiger partial charge on any atom is 0.118 e. The Kier molecular flexibility index (Phi) is 4.22. The van der Waals surface area contributed by atoms with Gasteiger partial charge in [0, 0.05) is 0 Å². The van der Waals surface area contributed by atoms with Crippen molar-refractivity contribution in [1.82, 2.24) is 5.48 Å². The van der Waals surface area contributed by atoms with Crippen LogP contribution in [-0.2, 0) is 11.3 Å². The highest BCUT2D eigenvalue weighted by atomic mass is 16.7. The van der Waals surface area contributed by atoms with Crippen LogP contribution in [-0.4, -0.2) is 13.2 Å². The lowest BCUT2D eigenvalue weighted by Gasteiger charge is -2.07. The maximum absolute atomic E-state index is 5.62. The number of hydroxylamine groups is 1. The number of aryl methyl sites for hydroxylation is 1. The van der Waals surface area contributed by atoms with E-state index in [9.17, 15) is 0 Å². The summed E-state index contributed by atoms with van der Waals surface area (Å²) in [6.07, 6.45) is 4.24. The van der Waals surface area contributed by atoms with Crippen molar-refractivity contribution in [2.75, 3.05) is 7.11 Å². The smallest absolute Gasteiger partial charge is 0.118 e. The zero-order valence-corrected chi connectivity index (χ0v) is 12.1. The number of rotatable bonds is 5. The van der Waals surface area contributed by atoms with E-state index in [-0.39, 0.29) is 6.10 Å². The summed E-state index contributed by atoms with van der Waals surface area (Å²) in [5.74, 6) is 0.860. The van der Waals surface area contributed by atoms with E-state index in [0.717, 1.165) is 29.9 Å². The SMILES string of the molecule is COc1ccc(C2=CC(CCc3ccccc3)ON2)cc1. The van der Waals surface area contributed by atoms with Crippen molar-refractivity contribution in [1.29, 1.82) is 0 Å². The molecule has 0 fully saturated rings. The van der Waals surface area contributed by atoms with Crippen molar-refractivity contribution < 1.29 is 9.57 Å². The first-order valence-corrected chi connectivity index (χ1v) is 7.17. The number of benzene rings is 2. The molecule has 0 aliphatic carbocycles. The Morgan fingerprint density at radius 3 is 2.52 bits per heavy atom. The van der Waals surface area contributed by atoms with Crippen molar-refractivity contribution >= 4 is 5.70 Å². The number of nitrogens with one attached hydrogen (secondary N) is 1. The van der Waals surface area contributed by atoms with E-state index >= 15 is 0 Å². The fourth-order valence-electron chi connectivity index (χ4n) is 2.41. The van der Waals surface area contributed by atoms with Crippen LogP contribution in [0.5, 0.6) is 5.75 Å². The lowest BCUT2D eigenvalue weighted by molar-refractivity contribution is 0.0470. The van der Waals surface area contributed by atoms with Gasteiger partial charge in [-0.15, -0.1) is 0 Å². The predicted molar refractivity (Wildman–Crippen MR) is 83.7 cm³/mol. The molecular formula is C18H19NO2. The third-order valence-electron chi connectivity index (χ3n) is 3.63. The van der Waals surface area contributed by atoms with E-state index in [1.165, 1.54) is 5.56 Å². The summed E-state index contributed by atoms with van der Waals surface area (Å²) in [6, 6.07) is 18.4. The number of hydrogen-bond donors (Lipinski definition) is 1. The molecule has 1 heterocycles. The van der Waals surface area contributed by atoms with Crippen LogP contribution in [0.15, 0.2) is 60.7 Å². The zero-order chi connectivity index (χ0) is 14.5. The normalized spacial score (nSPS) is 17.2. The highest BCUT2D eigenvalue weighted by Gasteiger charge is 2.17. The molecule has 0 radical (unpaired) electrons. The third kappa shape index (κ3) is 3.44. The second kappa shape index (κ2) is 6.46. The fraction of sp³-hybridized carbons (Fsp3) is 0.222. The molecule has 0 bridgehead atoms. The molecule has 21 heavy (non-hydrogen) atoms. The summed E-state index contributed by atoms with van der Waals surface area (Å²) >= 11 is 0. The Bertz CT molecular complexity index is 605. The van der Waals surface area contributed by atoms with Crippen molar-refractivity contribution in [2.24, 2.45) is 0 Å². The second-order valence-corrected chi connectivity index (χ2v) is 5.09. The van der Waals surface area contributed by atoms with Gasteiger partial charge >= 0.3 is 0 Å². The topological polar surface area (TPSA) is 30.5 Å². The number of methoxy groups -OCH3 is 1. The van der Waals surface area contributed by atoms with Gasteiger partial charge in [0.05, 0.1) is 12.8 Å². The summed E-state index contributed by atoms with van der Waals surface area (Å²) in [6.45, 7) is 0. The monoisotopic (exact) mass is 281 g/mol. The quantitative estimate of drug-likeness (QED) is 0.908. The minimum atomic E-state index is 0.113. The fourth-order valence-corrected chi connectivity index (χ4v) is 2.41. The molecule has 2 aromatic carbocycles. The van der Waals surface area contributed by atoms with E-state index in [1.54, 1.807) is 7.11 Å². The molecule has 1 atom stereocenters. The van der Waals surface area contributed by atoms with Gasteiger partial charge in [-0.3, -0.25) is 10.3 Å². The Hall–Kier alpha value is -2.26. The van der Waals surface area contributed by atoms with Crippen LogP contribution in [0.25, 0.3) is 5.70 Å². The first kappa shape index (κ1) is 13.7. The zero-order valence-electron chi connectivity index (χ0n) is 12.1. The Morgan fingerprint density at radius 1 is 1.05 bits per heavy atom. The lowest BCUT2D eigenvalue weighted by atomic mass is 10.1. The first-order valence-electron chi connectivity index (χ1n) is 7.17. The average molecular weight is 281 g/mol.